The van der Waals surface area contributed by atoms with E-state index in [0.29, 0.717) is 6.04 Å². The monoisotopic (exact) mass is 290 g/mol. The molecular formula is C14H27ClN2O2. The minimum atomic E-state index is -0.367. The summed E-state index contributed by atoms with van der Waals surface area (Å²) in [5, 5.41) is 3.51. The van der Waals surface area contributed by atoms with Gasteiger partial charge in [0.15, 0.2) is 0 Å². The van der Waals surface area contributed by atoms with Crippen LogP contribution in [0.5, 0.6) is 0 Å². The number of hydrogen-bond donors (Lipinski definition) is 1. The number of hydrogen-bond acceptors (Lipinski definition) is 4. The van der Waals surface area contributed by atoms with Gasteiger partial charge in [-0.1, -0.05) is 0 Å². The molecule has 0 radical (unpaired) electrons. The van der Waals surface area contributed by atoms with Gasteiger partial charge in [0.2, 0.25) is 0 Å². The molecular weight excluding hydrogens is 264 g/mol. The molecule has 2 heterocycles. The Kier molecular flexibility index (Phi) is 6.09. The predicted molar refractivity (Wildman–Crippen MR) is 78.7 cm³/mol. The van der Waals surface area contributed by atoms with Crippen molar-refractivity contribution in [3.63, 3.8) is 0 Å². The lowest BCUT2D eigenvalue weighted by atomic mass is 9.89. The van der Waals surface area contributed by atoms with E-state index < -0.39 is 0 Å². The second-order valence-electron chi connectivity index (χ2n) is 6.24. The summed E-state index contributed by atoms with van der Waals surface area (Å²) in [5.74, 6) is -0.0946. The van der Waals surface area contributed by atoms with Gasteiger partial charge >= 0.3 is 5.97 Å². The highest BCUT2D eigenvalue weighted by molar-refractivity contribution is 5.85. The SMILES string of the molecule is COC(=O)C(C)(C)CCN1C2CCNCC1CC2.Cl. The fourth-order valence-electron chi connectivity index (χ4n) is 3.23. The quantitative estimate of drug-likeness (QED) is 0.802. The Morgan fingerprint density at radius 1 is 1.32 bits per heavy atom. The zero-order valence-corrected chi connectivity index (χ0v) is 13.1. The molecule has 0 spiro atoms. The fraction of sp³-hybridized carbons (Fsp3) is 0.929. The van der Waals surface area contributed by atoms with E-state index in [1.54, 1.807) is 0 Å². The van der Waals surface area contributed by atoms with Crippen LogP contribution in [0, 0.1) is 5.41 Å². The summed E-state index contributed by atoms with van der Waals surface area (Å²) in [6, 6.07) is 1.39. The van der Waals surface area contributed by atoms with Gasteiger partial charge < -0.3 is 10.1 Å². The van der Waals surface area contributed by atoms with Crippen molar-refractivity contribution < 1.29 is 9.53 Å². The van der Waals surface area contributed by atoms with Crippen molar-refractivity contribution in [1.29, 1.82) is 0 Å². The van der Waals surface area contributed by atoms with E-state index in [4.69, 9.17) is 4.74 Å². The lowest BCUT2D eigenvalue weighted by molar-refractivity contribution is -0.151. The standard InChI is InChI=1S/C14H26N2O2.ClH/c1-14(2,13(17)18-3)7-9-16-11-4-5-12(16)10-15-8-6-11;/h11-12,15H,4-10H2,1-3H3;1H. The Morgan fingerprint density at radius 2 is 2.00 bits per heavy atom. The van der Waals surface area contributed by atoms with E-state index in [1.165, 1.54) is 26.4 Å². The third-order valence-electron chi connectivity index (χ3n) is 4.54. The molecule has 4 nitrogen and oxygen atoms in total. The van der Waals surface area contributed by atoms with Gasteiger partial charge in [-0.05, 0) is 52.6 Å². The zero-order chi connectivity index (χ0) is 13.2. The average Bonchev–Trinajstić information content (AvgIpc) is 2.58. The topological polar surface area (TPSA) is 41.6 Å². The maximum atomic E-state index is 11.7. The van der Waals surface area contributed by atoms with Crippen LogP contribution in [0.15, 0.2) is 0 Å². The average molecular weight is 291 g/mol. The van der Waals surface area contributed by atoms with E-state index in [2.05, 4.69) is 10.2 Å². The maximum Gasteiger partial charge on any atom is 0.311 e. The summed E-state index contributed by atoms with van der Waals surface area (Å²) in [7, 11) is 1.48. The molecule has 0 aromatic heterocycles. The number of ether oxygens (including phenoxy) is 1. The molecule has 0 aromatic rings. The van der Waals surface area contributed by atoms with Crippen LogP contribution in [0.4, 0.5) is 0 Å². The number of nitrogens with zero attached hydrogens (tertiary/aromatic N) is 1. The lowest BCUT2D eigenvalue weighted by Gasteiger charge is -2.31. The van der Waals surface area contributed by atoms with E-state index in [0.717, 1.165) is 32.1 Å². The molecule has 2 fully saturated rings. The molecule has 112 valence electrons. The second kappa shape index (κ2) is 6.91. The van der Waals surface area contributed by atoms with Crippen molar-refractivity contribution in [3.05, 3.63) is 0 Å². The summed E-state index contributed by atoms with van der Waals surface area (Å²) < 4.78 is 4.88. The van der Waals surface area contributed by atoms with Crippen molar-refractivity contribution in [3.8, 4) is 0 Å². The maximum absolute atomic E-state index is 11.7. The van der Waals surface area contributed by atoms with Gasteiger partial charge in [-0.25, -0.2) is 0 Å². The number of carbonyl (C=O) groups excluding carboxylic acids is 1. The molecule has 2 aliphatic rings. The normalized spacial score (nSPS) is 27.5. The first-order chi connectivity index (χ1) is 8.54. The van der Waals surface area contributed by atoms with Crippen molar-refractivity contribution in [2.75, 3.05) is 26.7 Å². The highest BCUT2D eigenvalue weighted by atomic mass is 35.5. The van der Waals surface area contributed by atoms with Crippen LogP contribution >= 0.6 is 12.4 Å². The van der Waals surface area contributed by atoms with E-state index >= 15 is 0 Å². The Hall–Kier alpha value is -0.320. The summed E-state index contributed by atoms with van der Waals surface area (Å²) in [4.78, 5) is 14.3. The second-order valence-corrected chi connectivity index (χ2v) is 6.24. The van der Waals surface area contributed by atoms with Crippen molar-refractivity contribution >= 4 is 18.4 Å². The third kappa shape index (κ3) is 3.83. The largest absolute Gasteiger partial charge is 0.469 e. The summed E-state index contributed by atoms with van der Waals surface area (Å²) in [6.07, 6.45) is 4.75. The minimum absolute atomic E-state index is 0. The Labute approximate surface area is 122 Å². The van der Waals surface area contributed by atoms with E-state index in [1.807, 2.05) is 13.8 Å². The number of methoxy groups -OCH3 is 1. The van der Waals surface area contributed by atoms with Gasteiger partial charge in [0, 0.05) is 18.6 Å². The number of esters is 1. The van der Waals surface area contributed by atoms with Gasteiger partial charge in [0.25, 0.3) is 0 Å². The van der Waals surface area contributed by atoms with E-state index in [9.17, 15) is 4.79 Å². The number of fused-ring (bicyclic) bond motifs is 2. The molecule has 2 unspecified atom stereocenters. The molecule has 5 heteroatoms. The van der Waals surface area contributed by atoms with Gasteiger partial charge in [-0.3, -0.25) is 9.69 Å². The molecule has 2 saturated heterocycles. The summed E-state index contributed by atoms with van der Waals surface area (Å²) >= 11 is 0. The molecule has 2 rings (SSSR count). The Balaban J connectivity index is 0.00000180. The number of halogens is 1. The Morgan fingerprint density at radius 3 is 2.68 bits per heavy atom. The molecule has 19 heavy (non-hydrogen) atoms. The number of nitrogens with one attached hydrogen (secondary N) is 1. The molecule has 0 amide bonds. The van der Waals surface area contributed by atoms with Gasteiger partial charge in [-0.2, -0.15) is 0 Å². The van der Waals surface area contributed by atoms with Crippen LogP contribution in [0.1, 0.15) is 39.5 Å². The van der Waals surface area contributed by atoms with E-state index in [-0.39, 0.29) is 23.8 Å². The third-order valence-corrected chi connectivity index (χ3v) is 4.54. The van der Waals surface area contributed by atoms with Crippen LogP contribution in [0.25, 0.3) is 0 Å². The lowest BCUT2D eigenvalue weighted by Crippen LogP contribution is -2.41. The van der Waals surface area contributed by atoms with Crippen LogP contribution in [0.2, 0.25) is 0 Å². The first kappa shape index (κ1) is 16.7. The highest BCUT2D eigenvalue weighted by Crippen LogP contribution is 2.30. The van der Waals surface area contributed by atoms with Gasteiger partial charge in [0.05, 0.1) is 12.5 Å². The van der Waals surface area contributed by atoms with Gasteiger partial charge in [-0.15, -0.1) is 12.4 Å². The van der Waals surface area contributed by atoms with Crippen LogP contribution in [-0.2, 0) is 9.53 Å². The predicted octanol–water partition coefficient (Wildman–Crippen LogP) is 1.82. The summed E-state index contributed by atoms with van der Waals surface area (Å²) in [6.45, 7) is 7.22. The highest BCUT2D eigenvalue weighted by Gasteiger charge is 2.37. The number of carbonyl (C=O) groups is 1. The van der Waals surface area contributed by atoms with Crippen LogP contribution < -0.4 is 5.32 Å². The van der Waals surface area contributed by atoms with Crippen molar-refractivity contribution in [2.24, 2.45) is 5.41 Å². The first-order valence-electron chi connectivity index (χ1n) is 7.09. The molecule has 0 aliphatic carbocycles. The van der Waals surface area contributed by atoms with Gasteiger partial charge in [0.1, 0.15) is 0 Å². The molecule has 0 aromatic carbocycles. The zero-order valence-electron chi connectivity index (χ0n) is 12.3. The van der Waals surface area contributed by atoms with Crippen LogP contribution in [0.3, 0.4) is 0 Å². The van der Waals surface area contributed by atoms with Crippen molar-refractivity contribution in [1.82, 2.24) is 10.2 Å². The molecule has 2 aliphatic heterocycles. The molecule has 1 N–H and O–H groups in total. The van der Waals surface area contributed by atoms with Crippen molar-refractivity contribution in [2.45, 2.75) is 51.6 Å². The molecule has 0 saturated carbocycles. The number of rotatable bonds is 4. The Bertz CT molecular complexity index is 296. The smallest absolute Gasteiger partial charge is 0.311 e. The molecule has 2 bridgehead atoms. The minimum Gasteiger partial charge on any atom is -0.469 e. The summed E-state index contributed by atoms with van der Waals surface area (Å²) in [5.41, 5.74) is -0.367. The molecule has 2 atom stereocenters. The first-order valence-corrected chi connectivity index (χ1v) is 7.09. The fourth-order valence-corrected chi connectivity index (χ4v) is 3.23. The van der Waals surface area contributed by atoms with Crippen LogP contribution in [-0.4, -0.2) is 49.7 Å².